The minimum Gasteiger partial charge on any atom is -0.466 e. The predicted octanol–water partition coefficient (Wildman–Crippen LogP) is 2.15. The van der Waals surface area contributed by atoms with Gasteiger partial charge in [-0.15, -0.1) is 0 Å². The maximum atomic E-state index is 10.7. The van der Waals surface area contributed by atoms with Gasteiger partial charge in [-0.05, 0) is 12.8 Å². The van der Waals surface area contributed by atoms with E-state index in [2.05, 4.69) is 22.6 Å². The molecule has 0 fully saturated rings. The molecule has 0 amide bonds. The van der Waals surface area contributed by atoms with Gasteiger partial charge in [-0.1, -0.05) is 29.5 Å². The Morgan fingerprint density at radius 3 is 2.80 bits per heavy atom. The molecule has 60 valence electrons. The van der Waals surface area contributed by atoms with Crippen molar-refractivity contribution in [2.24, 2.45) is 0 Å². The number of ether oxygens (including phenoxy) is 1. The van der Waals surface area contributed by atoms with Gasteiger partial charge in [-0.25, -0.2) is 0 Å². The molecule has 0 radical (unpaired) electrons. The molecule has 0 unspecified atom stereocenters. The molecule has 0 rings (SSSR count). The van der Waals surface area contributed by atoms with E-state index in [1.54, 1.807) is 0 Å². The molecule has 3 heteroatoms. The molecule has 2 nitrogen and oxygen atoms in total. The molecule has 0 aliphatic rings. The highest BCUT2D eigenvalue weighted by molar-refractivity contribution is 14.1. The Bertz CT molecular complexity index is 83.6. The van der Waals surface area contributed by atoms with E-state index in [-0.39, 0.29) is 5.97 Å². The zero-order valence-corrected chi connectivity index (χ0v) is 8.39. The summed E-state index contributed by atoms with van der Waals surface area (Å²) >= 11 is 2.25. The minimum atomic E-state index is -0.0569. The molecule has 0 saturated heterocycles. The van der Waals surface area contributed by atoms with Crippen molar-refractivity contribution in [2.75, 3.05) is 11.0 Å². The lowest BCUT2D eigenvalue weighted by atomic mass is 10.3. The average molecular weight is 256 g/mol. The Kier molecular flexibility index (Phi) is 7.45. The van der Waals surface area contributed by atoms with Crippen molar-refractivity contribution in [3.05, 3.63) is 0 Å². The van der Waals surface area contributed by atoms with Crippen molar-refractivity contribution < 1.29 is 9.53 Å². The fraction of sp³-hybridized carbons (Fsp3) is 0.857. The summed E-state index contributed by atoms with van der Waals surface area (Å²) in [6.45, 7) is 2.56. The molecular weight excluding hydrogens is 243 g/mol. The standard InChI is InChI=1S/C7H13IO2/c1-2-6-10-7(9)4-3-5-8/h2-6H2,1H3. The number of rotatable bonds is 5. The van der Waals surface area contributed by atoms with Gasteiger partial charge in [0.1, 0.15) is 0 Å². The highest BCUT2D eigenvalue weighted by Crippen LogP contribution is 1.96. The van der Waals surface area contributed by atoms with Crippen LogP contribution in [-0.4, -0.2) is 17.0 Å². The number of hydrogen-bond acceptors (Lipinski definition) is 2. The first kappa shape index (κ1) is 10.2. The molecule has 10 heavy (non-hydrogen) atoms. The smallest absolute Gasteiger partial charge is 0.305 e. The van der Waals surface area contributed by atoms with E-state index in [1.165, 1.54) is 0 Å². The molecule has 0 aliphatic carbocycles. The summed E-state index contributed by atoms with van der Waals surface area (Å²) in [6, 6.07) is 0. The van der Waals surface area contributed by atoms with Crippen molar-refractivity contribution in [2.45, 2.75) is 26.2 Å². The summed E-state index contributed by atoms with van der Waals surface area (Å²) < 4.78 is 5.88. The fourth-order valence-corrected chi connectivity index (χ4v) is 0.881. The number of carbonyl (C=O) groups is 1. The highest BCUT2D eigenvalue weighted by Gasteiger charge is 1.99. The number of carbonyl (C=O) groups excluding carboxylic acids is 1. The van der Waals surface area contributed by atoms with Crippen LogP contribution in [0.2, 0.25) is 0 Å². The zero-order chi connectivity index (χ0) is 7.82. The van der Waals surface area contributed by atoms with Crippen LogP contribution in [0.1, 0.15) is 26.2 Å². The minimum absolute atomic E-state index is 0.0569. The molecule has 0 aromatic heterocycles. The van der Waals surface area contributed by atoms with Crippen molar-refractivity contribution in [3.63, 3.8) is 0 Å². The van der Waals surface area contributed by atoms with Gasteiger partial charge in [-0.2, -0.15) is 0 Å². The highest BCUT2D eigenvalue weighted by atomic mass is 127. The van der Waals surface area contributed by atoms with E-state index in [0.29, 0.717) is 13.0 Å². The van der Waals surface area contributed by atoms with Crippen LogP contribution < -0.4 is 0 Å². The van der Waals surface area contributed by atoms with Crippen LogP contribution in [0.5, 0.6) is 0 Å². The first-order chi connectivity index (χ1) is 4.81. The van der Waals surface area contributed by atoms with Gasteiger partial charge in [0.05, 0.1) is 6.61 Å². The van der Waals surface area contributed by atoms with Gasteiger partial charge in [0.15, 0.2) is 0 Å². The van der Waals surface area contributed by atoms with Crippen LogP contribution >= 0.6 is 22.6 Å². The van der Waals surface area contributed by atoms with Crippen molar-refractivity contribution in [3.8, 4) is 0 Å². The normalized spacial score (nSPS) is 9.40. The molecule has 0 saturated carbocycles. The molecule has 0 N–H and O–H groups in total. The van der Waals surface area contributed by atoms with E-state index in [9.17, 15) is 4.79 Å². The third-order valence-electron chi connectivity index (χ3n) is 0.982. The number of alkyl halides is 1. The largest absolute Gasteiger partial charge is 0.466 e. The van der Waals surface area contributed by atoms with Crippen LogP contribution in [0, 0.1) is 0 Å². The monoisotopic (exact) mass is 256 g/mol. The maximum Gasteiger partial charge on any atom is 0.305 e. The second-order valence-corrected chi connectivity index (χ2v) is 3.09. The summed E-state index contributed by atoms with van der Waals surface area (Å²) in [4.78, 5) is 10.7. The quantitative estimate of drug-likeness (QED) is 0.428. The average Bonchev–Trinajstić information content (AvgIpc) is 1.97. The van der Waals surface area contributed by atoms with Gasteiger partial charge in [0.25, 0.3) is 0 Å². The van der Waals surface area contributed by atoms with Gasteiger partial charge in [0, 0.05) is 10.8 Å². The Morgan fingerprint density at radius 1 is 1.60 bits per heavy atom. The van der Waals surface area contributed by atoms with Crippen LogP contribution in [-0.2, 0) is 9.53 Å². The first-order valence-electron chi connectivity index (χ1n) is 3.52. The number of esters is 1. The predicted molar refractivity (Wildman–Crippen MR) is 49.4 cm³/mol. The van der Waals surface area contributed by atoms with Gasteiger partial charge in [-0.3, -0.25) is 4.79 Å². The summed E-state index contributed by atoms with van der Waals surface area (Å²) in [6.07, 6.45) is 2.42. The van der Waals surface area contributed by atoms with E-state index in [0.717, 1.165) is 17.3 Å². The lowest BCUT2D eigenvalue weighted by Gasteiger charge is -2.00. The van der Waals surface area contributed by atoms with Gasteiger partial charge < -0.3 is 4.74 Å². The Hall–Kier alpha value is 0.200. The third kappa shape index (κ3) is 6.32. The Labute approximate surface area is 75.5 Å². The van der Waals surface area contributed by atoms with E-state index in [4.69, 9.17) is 4.74 Å². The van der Waals surface area contributed by atoms with Crippen molar-refractivity contribution in [1.29, 1.82) is 0 Å². The molecule has 0 atom stereocenters. The van der Waals surface area contributed by atoms with Crippen LogP contribution in [0.3, 0.4) is 0 Å². The van der Waals surface area contributed by atoms with Gasteiger partial charge >= 0.3 is 5.97 Å². The van der Waals surface area contributed by atoms with Crippen LogP contribution in [0.15, 0.2) is 0 Å². The second-order valence-electron chi connectivity index (χ2n) is 2.01. The lowest BCUT2D eigenvalue weighted by molar-refractivity contribution is -0.143. The third-order valence-corrected chi connectivity index (χ3v) is 1.74. The van der Waals surface area contributed by atoms with Crippen molar-refractivity contribution in [1.82, 2.24) is 0 Å². The van der Waals surface area contributed by atoms with Crippen LogP contribution in [0.4, 0.5) is 0 Å². The molecule has 0 aromatic rings. The Morgan fingerprint density at radius 2 is 2.30 bits per heavy atom. The molecule has 0 spiro atoms. The molecule has 0 bridgehead atoms. The molecular formula is C7H13IO2. The zero-order valence-electron chi connectivity index (χ0n) is 6.23. The van der Waals surface area contributed by atoms with E-state index in [1.807, 2.05) is 6.92 Å². The summed E-state index contributed by atoms with van der Waals surface area (Å²) in [5, 5.41) is 0. The maximum absolute atomic E-state index is 10.7. The molecule has 0 aromatic carbocycles. The topological polar surface area (TPSA) is 26.3 Å². The van der Waals surface area contributed by atoms with Crippen molar-refractivity contribution >= 4 is 28.6 Å². The fourth-order valence-electron chi connectivity index (χ4n) is 0.499. The molecule has 0 aliphatic heterocycles. The summed E-state index contributed by atoms with van der Waals surface area (Å²) in [5.41, 5.74) is 0. The van der Waals surface area contributed by atoms with Crippen LogP contribution in [0.25, 0.3) is 0 Å². The number of hydrogen-bond donors (Lipinski definition) is 0. The summed E-state index contributed by atoms with van der Waals surface area (Å²) in [5.74, 6) is -0.0569. The Balaban J connectivity index is 3.09. The summed E-state index contributed by atoms with van der Waals surface area (Å²) in [7, 11) is 0. The second kappa shape index (κ2) is 7.31. The van der Waals surface area contributed by atoms with E-state index >= 15 is 0 Å². The number of halogens is 1. The SMILES string of the molecule is CCCOC(=O)CCCI. The molecule has 0 heterocycles. The van der Waals surface area contributed by atoms with E-state index < -0.39 is 0 Å². The lowest BCUT2D eigenvalue weighted by Crippen LogP contribution is -2.04. The first-order valence-corrected chi connectivity index (χ1v) is 5.05. The van der Waals surface area contributed by atoms with Gasteiger partial charge in [0.2, 0.25) is 0 Å².